The largest absolute Gasteiger partial charge is 0.507 e. The van der Waals surface area contributed by atoms with E-state index < -0.39 is 6.85 Å². The zero-order valence-electron chi connectivity index (χ0n) is 43.5. The molecule has 0 saturated carbocycles. The van der Waals surface area contributed by atoms with Crippen LogP contribution in [-0.2, 0) is 21.1 Å². The number of aromatic nitrogens is 3. The molecule has 5 heteroatoms. The number of imidazole rings is 1. The molecule has 9 aromatic carbocycles. The van der Waals surface area contributed by atoms with E-state index in [0.29, 0.717) is 28.0 Å². The first kappa shape index (κ1) is 44.1. The van der Waals surface area contributed by atoms with Crippen molar-refractivity contribution in [3.8, 4) is 101 Å². The molecule has 1 N–H and O–H groups in total. The van der Waals surface area contributed by atoms with Gasteiger partial charge in [0.25, 0.3) is 0 Å². The molecule has 0 saturated heterocycles. The van der Waals surface area contributed by atoms with Crippen LogP contribution in [0.4, 0.5) is 0 Å². The van der Waals surface area contributed by atoms with Crippen molar-refractivity contribution >= 4 is 11.0 Å². The Morgan fingerprint density at radius 2 is 1.06 bits per heavy atom. The molecular weight excluding hydrogens is 1060 g/mol. The van der Waals surface area contributed by atoms with Crippen LogP contribution in [-0.4, -0.2) is 19.6 Å². The molecule has 0 atom stereocenters. The normalized spacial score (nSPS) is 12.1. The molecule has 0 aliphatic rings. The van der Waals surface area contributed by atoms with E-state index in [1.165, 1.54) is 5.56 Å². The second-order valence-electron chi connectivity index (χ2n) is 18.8. The summed E-state index contributed by atoms with van der Waals surface area (Å²) in [7, 11) is 0. The van der Waals surface area contributed by atoms with Gasteiger partial charge in [-0.3, -0.25) is 9.55 Å². The van der Waals surface area contributed by atoms with Gasteiger partial charge in [-0.2, -0.15) is 0 Å². The molecule has 2 aromatic heterocycles. The van der Waals surface area contributed by atoms with Gasteiger partial charge in [0.1, 0.15) is 11.6 Å². The number of rotatable bonds is 11. The molecule has 4 nitrogen and oxygen atoms in total. The minimum absolute atomic E-state index is 0. The number of benzene rings is 9. The number of para-hydroxylation sites is 1. The van der Waals surface area contributed by atoms with Gasteiger partial charge in [0, 0.05) is 42.6 Å². The van der Waals surface area contributed by atoms with Crippen LogP contribution in [0.15, 0.2) is 219 Å². The van der Waals surface area contributed by atoms with Crippen LogP contribution in [0.2, 0.25) is 0 Å². The zero-order chi connectivity index (χ0) is 51.1. The van der Waals surface area contributed by atoms with Crippen molar-refractivity contribution in [1.82, 2.24) is 14.5 Å². The second-order valence-corrected chi connectivity index (χ2v) is 18.8. The topological polar surface area (TPSA) is 50.9 Å². The van der Waals surface area contributed by atoms with Crippen LogP contribution in [0, 0.1) is 12.9 Å². The maximum atomic E-state index is 12.5. The number of aryl methyl sites for hydroxylation is 1. The Bertz CT molecular complexity index is 3820. The number of hydrogen-bond donors (Lipinski definition) is 1. The minimum Gasteiger partial charge on any atom is -0.507 e. The SMILES string of the molecule is [2H]C([2H])([2H])c1cc(-c2ccccc2)c(-n2c(-c3cc(C(C)C)cc(C(C)C)c3O)nc3c(-c4[c-]c(-c5cc(-c6ccc(-c7ccccc7)cc6)ccn5)cc(-c5ccccc5)c4)cccc32)cc1-c1ccccc1.[Pt]. The number of phenolic OH excluding ortho intramolecular Hbond substituents is 1. The fourth-order valence-electron chi connectivity index (χ4n) is 9.74. The molecule has 354 valence electrons. The Kier molecular flexibility index (Phi) is 12.5. The maximum Gasteiger partial charge on any atom is 0.148 e. The molecule has 0 aliphatic carbocycles. The summed E-state index contributed by atoms with van der Waals surface area (Å²) in [6, 6.07) is 75.5. The van der Waals surface area contributed by atoms with Gasteiger partial charge in [0.05, 0.1) is 22.3 Å². The van der Waals surface area contributed by atoms with Gasteiger partial charge in [-0.1, -0.05) is 214 Å². The Morgan fingerprint density at radius 3 is 1.67 bits per heavy atom. The second kappa shape index (κ2) is 20.4. The summed E-state index contributed by atoms with van der Waals surface area (Å²) in [6.45, 7) is 6.07. The van der Waals surface area contributed by atoms with Crippen LogP contribution in [0.3, 0.4) is 0 Å². The average molecular weight is 1120 g/mol. The number of nitrogens with zero attached hydrogens (tertiary/aromatic N) is 3. The Hall–Kier alpha value is -7.91. The van der Waals surface area contributed by atoms with Crippen molar-refractivity contribution in [1.29, 1.82) is 0 Å². The van der Waals surface area contributed by atoms with Crippen LogP contribution < -0.4 is 0 Å². The third-order valence-corrected chi connectivity index (χ3v) is 13.6. The molecule has 0 unspecified atom stereocenters. The third-order valence-electron chi connectivity index (χ3n) is 13.6. The summed E-state index contributed by atoms with van der Waals surface area (Å²) in [6.07, 6.45) is 1.86. The average Bonchev–Trinajstić information content (AvgIpc) is 3.87. The summed E-state index contributed by atoms with van der Waals surface area (Å²) in [5.74, 6) is 0.849. The fourth-order valence-corrected chi connectivity index (χ4v) is 9.74. The minimum atomic E-state index is -2.44. The zero-order valence-corrected chi connectivity index (χ0v) is 42.8. The Balaban J connectivity index is 0.00000641. The molecule has 0 aliphatic heterocycles. The first-order valence-electron chi connectivity index (χ1n) is 25.8. The molecule has 0 bridgehead atoms. The van der Waals surface area contributed by atoms with Gasteiger partial charge in [0.2, 0.25) is 0 Å². The molecule has 0 spiro atoms. The third kappa shape index (κ3) is 9.27. The number of hydrogen-bond acceptors (Lipinski definition) is 3. The van der Waals surface area contributed by atoms with E-state index in [-0.39, 0.29) is 44.2 Å². The molecule has 2 heterocycles. The van der Waals surface area contributed by atoms with E-state index in [0.717, 1.165) is 83.7 Å². The Morgan fingerprint density at radius 1 is 0.486 bits per heavy atom. The predicted octanol–water partition coefficient (Wildman–Crippen LogP) is 17.8. The molecule has 11 rings (SSSR count). The summed E-state index contributed by atoms with van der Waals surface area (Å²) in [5.41, 5.74) is 17.6. The van der Waals surface area contributed by atoms with Crippen molar-refractivity contribution in [3.63, 3.8) is 0 Å². The van der Waals surface area contributed by atoms with E-state index >= 15 is 0 Å². The summed E-state index contributed by atoms with van der Waals surface area (Å²) >= 11 is 0. The predicted molar refractivity (Wildman–Crippen MR) is 296 cm³/mol. The van der Waals surface area contributed by atoms with Gasteiger partial charge in [0.15, 0.2) is 0 Å². The fraction of sp³-hybridized carbons (Fsp3) is 0.104. The van der Waals surface area contributed by atoms with Crippen LogP contribution in [0.25, 0.3) is 106 Å². The monoisotopic (exact) mass is 1110 g/mol. The van der Waals surface area contributed by atoms with Gasteiger partial charge >= 0.3 is 0 Å². The van der Waals surface area contributed by atoms with Crippen molar-refractivity contribution < 1.29 is 30.3 Å². The van der Waals surface area contributed by atoms with E-state index in [2.05, 4.69) is 141 Å². The van der Waals surface area contributed by atoms with Crippen LogP contribution >= 0.6 is 0 Å². The summed E-state index contributed by atoms with van der Waals surface area (Å²) < 4.78 is 28.8. The van der Waals surface area contributed by atoms with Crippen LogP contribution in [0.5, 0.6) is 5.75 Å². The number of fused-ring (bicyclic) bond motifs is 1. The summed E-state index contributed by atoms with van der Waals surface area (Å²) in [4.78, 5) is 10.6. The van der Waals surface area contributed by atoms with E-state index in [1.54, 1.807) is 0 Å². The maximum absolute atomic E-state index is 12.5. The molecular formula is C67H54N3OPt-. The number of aromatic hydroxyl groups is 1. The van der Waals surface area contributed by atoms with Crippen molar-refractivity contribution in [2.24, 2.45) is 0 Å². The number of phenols is 1. The van der Waals surface area contributed by atoms with Gasteiger partial charge in [-0.05, 0) is 110 Å². The van der Waals surface area contributed by atoms with Gasteiger partial charge in [-0.15, -0.1) is 23.8 Å². The first-order chi connectivity index (χ1) is 35.9. The standard InChI is InChI=1S/C67H54N3O.Pt/c1-43(2)53-39-58(44(3)4)66(71)61(40-53)67-69-65-57(27-18-28-63(65)70(67)64-42-59(50-23-14-8-15-24-50)45(5)35-60(64)51-25-16-9-17-26-51)55-36-54(47-21-12-7-13-22-47)37-56(38-55)62-41-52(33-34-68-62)49-31-29-48(30-32-49)46-19-10-6-11-20-46;/h6-37,39-44,71H,1-5H3;/q-1;/i5D3;. The van der Waals surface area contributed by atoms with Gasteiger partial charge < -0.3 is 5.11 Å². The molecule has 0 fully saturated rings. The molecule has 72 heavy (non-hydrogen) atoms. The quantitative estimate of drug-likeness (QED) is 0.131. The van der Waals surface area contributed by atoms with Crippen molar-refractivity contribution in [3.05, 3.63) is 241 Å². The van der Waals surface area contributed by atoms with E-state index in [9.17, 15) is 5.11 Å². The molecule has 0 radical (unpaired) electrons. The summed E-state index contributed by atoms with van der Waals surface area (Å²) in [5, 5.41) is 12.5. The van der Waals surface area contributed by atoms with Crippen molar-refractivity contribution in [2.75, 3.05) is 0 Å². The smallest absolute Gasteiger partial charge is 0.148 e. The molecule has 11 aromatic rings. The van der Waals surface area contributed by atoms with E-state index in [4.69, 9.17) is 14.1 Å². The number of pyridine rings is 1. The van der Waals surface area contributed by atoms with Crippen LogP contribution in [0.1, 0.15) is 60.3 Å². The van der Waals surface area contributed by atoms with Crippen molar-refractivity contribution in [2.45, 2.75) is 46.4 Å². The first-order valence-corrected chi connectivity index (χ1v) is 24.3. The Labute approximate surface area is 441 Å². The van der Waals surface area contributed by atoms with E-state index in [1.807, 2.05) is 115 Å². The van der Waals surface area contributed by atoms with Gasteiger partial charge in [-0.25, -0.2) is 4.98 Å². The molecule has 0 amide bonds.